The maximum Gasteiger partial charge on any atom is 0.296 e. The molecule has 1 N–H and O–H groups in total. The van der Waals surface area contributed by atoms with Gasteiger partial charge in [0, 0.05) is 36.3 Å². The maximum atomic E-state index is 11.7. The summed E-state index contributed by atoms with van der Waals surface area (Å²) >= 11 is 0. The lowest BCUT2D eigenvalue weighted by Gasteiger charge is -2.01. The molecule has 0 radical (unpaired) electrons. The van der Waals surface area contributed by atoms with Crippen LogP contribution in [0.15, 0.2) is 42.6 Å². The monoisotopic (exact) mass is 278 g/mol. The number of carbonyl (C=O) groups excluding carboxylic acids is 1. The van der Waals surface area contributed by atoms with E-state index >= 15 is 0 Å². The van der Waals surface area contributed by atoms with Gasteiger partial charge in [-0.25, -0.2) is 0 Å². The Labute approximate surface area is 125 Å². The van der Waals surface area contributed by atoms with Crippen molar-refractivity contribution in [3.63, 3.8) is 0 Å². The molecular weight excluding hydrogens is 260 g/mol. The second-order valence-corrected chi connectivity index (χ2v) is 4.90. The molecule has 0 aliphatic heterocycles. The molecular formula is C18H18N2O. The standard InChI is InChI=1S/C18H18N2O/c1-14-6-7-16(15(2)13-14)8-9-18(21)20-12-10-17-5-3-4-11-19-17/h3-7,11,13H,10,12H2,1-2H3,(H,20,21). The number of aryl methyl sites for hydroxylation is 2. The Morgan fingerprint density at radius 3 is 2.81 bits per heavy atom. The summed E-state index contributed by atoms with van der Waals surface area (Å²) in [5.41, 5.74) is 4.13. The highest BCUT2D eigenvalue weighted by Gasteiger charge is 1.98. The summed E-state index contributed by atoms with van der Waals surface area (Å²) in [5.74, 6) is 5.28. The SMILES string of the molecule is Cc1ccc(C#CC(=O)NCCc2ccccn2)c(C)c1. The molecule has 0 aliphatic carbocycles. The average molecular weight is 278 g/mol. The molecule has 0 spiro atoms. The number of pyridine rings is 1. The topological polar surface area (TPSA) is 42.0 Å². The molecule has 0 saturated carbocycles. The molecule has 0 saturated heterocycles. The molecule has 2 aromatic rings. The predicted octanol–water partition coefficient (Wildman–Crippen LogP) is 2.41. The Hall–Kier alpha value is -2.60. The van der Waals surface area contributed by atoms with Gasteiger partial charge in [-0.05, 0) is 37.6 Å². The highest BCUT2D eigenvalue weighted by Crippen LogP contribution is 2.08. The van der Waals surface area contributed by atoms with Gasteiger partial charge in [0.05, 0.1) is 0 Å². The van der Waals surface area contributed by atoms with Crippen molar-refractivity contribution in [1.82, 2.24) is 10.3 Å². The van der Waals surface area contributed by atoms with Crippen LogP contribution < -0.4 is 5.32 Å². The molecule has 0 aliphatic rings. The summed E-state index contributed by atoms with van der Waals surface area (Å²) < 4.78 is 0. The third-order valence-electron chi connectivity index (χ3n) is 3.09. The number of carbonyl (C=O) groups is 1. The fourth-order valence-electron chi connectivity index (χ4n) is 1.97. The first-order valence-electron chi connectivity index (χ1n) is 6.92. The fraction of sp³-hybridized carbons (Fsp3) is 0.222. The highest BCUT2D eigenvalue weighted by molar-refractivity contribution is 5.94. The van der Waals surface area contributed by atoms with Crippen molar-refractivity contribution < 1.29 is 4.79 Å². The Balaban J connectivity index is 1.86. The van der Waals surface area contributed by atoms with E-state index in [4.69, 9.17) is 0 Å². The smallest absolute Gasteiger partial charge is 0.296 e. The van der Waals surface area contributed by atoms with Crippen LogP contribution >= 0.6 is 0 Å². The summed E-state index contributed by atoms with van der Waals surface area (Å²) in [4.78, 5) is 15.9. The van der Waals surface area contributed by atoms with E-state index in [1.165, 1.54) is 5.56 Å². The van der Waals surface area contributed by atoms with Crippen LogP contribution in [0.2, 0.25) is 0 Å². The normalized spacial score (nSPS) is 9.62. The summed E-state index contributed by atoms with van der Waals surface area (Å²) in [7, 11) is 0. The minimum absolute atomic E-state index is 0.258. The van der Waals surface area contributed by atoms with Crippen molar-refractivity contribution >= 4 is 5.91 Å². The Morgan fingerprint density at radius 2 is 2.10 bits per heavy atom. The van der Waals surface area contributed by atoms with Crippen molar-refractivity contribution in [2.24, 2.45) is 0 Å². The van der Waals surface area contributed by atoms with Gasteiger partial charge in [-0.3, -0.25) is 9.78 Å². The molecule has 0 unspecified atom stereocenters. The van der Waals surface area contributed by atoms with Gasteiger partial charge in [-0.1, -0.05) is 29.7 Å². The number of nitrogens with one attached hydrogen (secondary N) is 1. The average Bonchev–Trinajstić information content (AvgIpc) is 2.47. The first-order chi connectivity index (χ1) is 10.1. The van der Waals surface area contributed by atoms with Crippen LogP contribution in [0.4, 0.5) is 0 Å². The van der Waals surface area contributed by atoms with Gasteiger partial charge in [0.2, 0.25) is 0 Å². The molecule has 1 amide bonds. The van der Waals surface area contributed by atoms with E-state index in [0.29, 0.717) is 13.0 Å². The number of benzene rings is 1. The van der Waals surface area contributed by atoms with E-state index in [2.05, 4.69) is 28.2 Å². The largest absolute Gasteiger partial charge is 0.345 e. The van der Waals surface area contributed by atoms with Gasteiger partial charge in [0.25, 0.3) is 5.91 Å². The zero-order chi connectivity index (χ0) is 15.1. The number of amides is 1. The number of aromatic nitrogens is 1. The minimum atomic E-state index is -0.258. The van der Waals surface area contributed by atoms with Crippen molar-refractivity contribution in [3.8, 4) is 11.8 Å². The van der Waals surface area contributed by atoms with Gasteiger partial charge in [-0.15, -0.1) is 0 Å². The minimum Gasteiger partial charge on any atom is -0.345 e. The van der Waals surface area contributed by atoms with Crippen LogP contribution in [0.3, 0.4) is 0 Å². The van der Waals surface area contributed by atoms with Crippen LogP contribution in [-0.4, -0.2) is 17.4 Å². The van der Waals surface area contributed by atoms with Gasteiger partial charge in [-0.2, -0.15) is 0 Å². The van der Waals surface area contributed by atoms with Crippen LogP contribution in [0.25, 0.3) is 0 Å². The van der Waals surface area contributed by atoms with E-state index in [-0.39, 0.29) is 5.91 Å². The van der Waals surface area contributed by atoms with E-state index in [0.717, 1.165) is 16.8 Å². The number of nitrogens with zero attached hydrogens (tertiary/aromatic N) is 1. The maximum absolute atomic E-state index is 11.7. The zero-order valence-electron chi connectivity index (χ0n) is 12.3. The third-order valence-corrected chi connectivity index (χ3v) is 3.09. The quantitative estimate of drug-likeness (QED) is 0.876. The number of hydrogen-bond acceptors (Lipinski definition) is 2. The number of hydrogen-bond donors (Lipinski definition) is 1. The lowest BCUT2D eigenvalue weighted by Crippen LogP contribution is -2.24. The summed E-state index contributed by atoms with van der Waals surface area (Å²) in [6.07, 6.45) is 2.45. The van der Waals surface area contributed by atoms with E-state index in [1.807, 2.05) is 44.2 Å². The lowest BCUT2D eigenvalue weighted by molar-refractivity contribution is -0.115. The van der Waals surface area contributed by atoms with Gasteiger partial charge >= 0.3 is 0 Å². The molecule has 1 aromatic heterocycles. The molecule has 1 aromatic carbocycles. The van der Waals surface area contributed by atoms with E-state index < -0.39 is 0 Å². The van der Waals surface area contributed by atoms with Crippen LogP contribution in [0.1, 0.15) is 22.4 Å². The van der Waals surface area contributed by atoms with Crippen LogP contribution in [0.5, 0.6) is 0 Å². The molecule has 3 nitrogen and oxygen atoms in total. The van der Waals surface area contributed by atoms with Gasteiger partial charge in [0.15, 0.2) is 0 Å². The molecule has 3 heteroatoms. The van der Waals surface area contributed by atoms with E-state index in [1.54, 1.807) is 6.20 Å². The first-order valence-corrected chi connectivity index (χ1v) is 6.92. The molecule has 0 fully saturated rings. The van der Waals surface area contributed by atoms with Crippen molar-refractivity contribution in [3.05, 3.63) is 65.0 Å². The molecule has 21 heavy (non-hydrogen) atoms. The highest BCUT2D eigenvalue weighted by atomic mass is 16.1. The second kappa shape index (κ2) is 7.25. The summed E-state index contributed by atoms with van der Waals surface area (Å²) in [5, 5.41) is 2.78. The summed E-state index contributed by atoms with van der Waals surface area (Å²) in [6, 6.07) is 11.7. The zero-order valence-corrected chi connectivity index (χ0v) is 12.3. The van der Waals surface area contributed by atoms with Crippen molar-refractivity contribution in [2.45, 2.75) is 20.3 Å². The predicted molar refractivity (Wildman–Crippen MR) is 83.7 cm³/mol. The first kappa shape index (κ1) is 14.8. The lowest BCUT2D eigenvalue weighted by atomic mass is 10.1. The Kier molecular flexibility index (Phi) is 5.11. The Morgan fingerprint density at radius 1 is 1.24 bits per heavy atom. The molecule has 0 atom stereocenters. The molecule has 1 heterocycles. The summed E-state index contributed by atoms with van der Waals surface area (Å²) in [6.45, 7) is 4.57. The Bertz CT molecular complexity index is 681. The fourth-order valence-corrected chi connectivity index (χ4v) is 1.97. The van der Waals surface area contributed by atoms with E-state index in [9.17, 15) is 4.79 Å². The molecule has 2 rings (SSSR count). The van der Waals surface area contributed by atoms with Gasteiger partial charge < -0.3 is 5.32 Å². The van der Waals surface area contributed by atoms with Crippen LogP contribution in [0, 0.1) is 25.7 Å². The van der Waals surface area contributed by atoms with Crippen LogP contribution in [-0.2, 0) is 11.2 Å². The second-order valence-electron chi connectivity index (χ2n) is 4.90. The van der Waals surface area contributed by atoms with Crippen molar-refractivity contribution in [2.75, 3.05) is 6.54 Å². The third kappa shape index (κ3) is 4.77. The number of rotatable bonds is 3. The molecule has 0 bridgehead atoms. The van der Waals surface area contributed by atoms with Gasteiger partial charge in [0.1, 0.15) is 0 Å². The van der Waals surface area contributed by atoms with Crippen molar-refractivity contribution in [1.29, 1.82) is 0 Å². The molecule has 106 valence electrons.